The van der Waals surface area contributed by atoms with Gasteiger partial charge in [-0.05, 0) is 35.9 Å². The maximum atomic E-state index is 12.2. The number of H-pyrrole nitrogens is 1. The van der Waals surface area contributed by atoms with E-state index in [0.717, 1.165) is 11.4 Å². The van der Waals surface area contributed by atoms with Crippen LogP contribution in [0.5, 0.6) is 5.75 Å². The second kappa shape index (κ2) is 8.49. The Kier molecular flexibility index (Phi) is 5.86. The monoisotopic (exact) mass is 370 g/mol. The molecular weight excluding hydrogens is 352 g/mol. The lowest BCUT2D eigenvalue weighted by Crippen LogP contribution is -2.25. The summed E-state index contributed by atoms with van der Waals surface area (Å²) in [7, 11) is 1.57. The van der Waals surface area contributed by atoms with E-state index in [1.54, 1.807) is 31.4 Å². The van der Waals surface area contributed by atoms with Crippen molar-refractivity contribution in [1.29, 1.82) is 0 Å². The van der Waals surface area contributed by atoms with Gasteiger partial charge < -0.3 is 10.1 Å². The van der Waals surface area contributed by atoms with Crippen LogP contribution in [0.1, 0.15) is 27.6 Å². The summed E-state index contributed by atoms with van der Waals surface area (Å²) < 4.78 is 5.13. The highest BCUT2D eigenvalue weighted by atomic mass is 35.5. The van der Waals surface area contributed by atoms with Crippen LogP contribution in [0.2, 0.25) is 5.02 Å². The van der Waals surface area contributed by atoms with Crippen molar-refractivity contribution in [1.82, 2.24) is 20.5 Å². The Morgan fingerprint density at radius 1 is 1.23 bits per heavy atom. The van der Waals surface area contributed by atoms with Crippen molar-refractivity contribution in [3.8, 4) is 5.75 Å². The van der Waals surface area contributed by atoms with Crippen molar-refractivity contribution in [3.05, 3.63) is 76.3 Å². The minimum Gasteiger partial charge on any atom is -0.497 e. The number of carbonyl (C=O) groups excluding carboxylic acids is 1. The fourth-order valence-corrected chi connectivity index (χ4v) is 2.73. The maximum Gasteiger partial charge on any atom is 0.251 e. The average molecular weight is 371 g/mol. The summed E-state index contributed by atoms with van der Waals surface area (Å²) in [6.07, 6.45) is 1.17. The zero-order valence-electron chi connectivity index (χ0n) is 14.3. The van der Waals surface area contributed by atoms with Gasteiger partial charge in [0.25, 0.3) is 5.91 Å². The molecule has 2 aromatic carbocycles. The van der Waals surface area contributed by atoms with Gasteiger partial charge in [0.15, 0.2) is 5.82 Å². The van der Waals surface area contributed by atoms with Gasteiger partial charge in [-0.25, -0.2) is 4.98 Å². The quantitative estimate of drug-likeness (QED) is 0.670. The molecule has 0 atom stereocenters. The Balaban J connectivity index is 1.51. The molecule has 0 aliphatic rings. The number of ether oxygens (including phenoxy) is 1. The van der Waals surface area contributed by atoms with E-state index in [0.29, 0.717) is 41.5 Å². The first kappa shape index (κ1) is 17.9. The number of carbonyl (C=O) groups is 1. The van der Waals surface area contributed by atoms with Crippen molar-refractivity contribution >= 4 is 17.5 Å². The molecule has 0 saturated heterocycles. The summed E-state index contributed by atoms with van der Waals surface area (Å²) >= 11 is 5.99. The highest BCUT2D eigenvalue weighted by molar-refractivity contribution is 6.30. The molecule has 1 amide bonds. The fourth-order valence-electron chi connectivity index (χ4n) is 2.52. The Morgan fingerprint density at radius 3 is 2.88 bits per heavy atom. The van der Waals surface area contributed by atoms with E-state index in [9.17, 15) is 4.79 Å². The molecule has 0 spiro atoms. The van der Waals surface area contributed by atoms with E-state index in [2.05, 4.69) is 20.5 Å². The molecule has 0 bridgehead atoms. The molecule has 0 aliphatic carbocycles. The fraction of sp³-hybridized carbons (Fsp3) is 0.211. The van der Waals surface area contributed by atoms with Gasteiger partial charge in [0.1, 0.15) is 11.6 Å². The average Bonchev–Trinajstić information content (AvgIpc) is 3.09. The number of methoxy groups -OCH3 is 1. The van der Waals surface area contributed by atoms with Gasteiger partial charge in [0, 0.05) is 30.0 Å². The molecule has 3 aromatic rings. The molecule has 7 heteroatoms. The molecule has 134 valence electrons. The van der Waals surface area contributed by atoms with Gasteiger partial charge in [0.2, 0.25) is 0 Å². The van der Waals surface area contributed by atoms with Crippen LogP contribution in [0, 0.1) is 0 Å². The smallest absolute Gasteiger partial charge is 0.251 e. The second-order valence-electron chi connectivity index (χ2n) is 5.74. The summed E-state index contributed by atoms with van der Waals surface area (Å²) in [6, 6.07) is 14.7. The topological polar surface area (TPSA) is 79.9 Å². The number of hydrogen-bond acceptors (Lipinski definition) is 4. The highest BCUT2D eigenvalue weighted by Gasteiger charge is 2.08. The summed E-state index contributed by atoms with van der Waals surface area (Å²) in [5.74, 6) is 1.92. The van der Waals surface area contributed by atoms with Gasteiger partial charge in [0.05, 0.1) is 7.11 Å². The lowest BCUT2D eigenvalue weighted by Gasteiger charge is -2.05. The molecule has 1 heterocycles. The number of amides is 1. The van der Waals surface area contributed by atoms with Gasteiger partial charge in [-0.2, -0.15) is 5.10 Å². The Morgan fingerprint density at radius 2 is 2.08 bits per heavy atom. The van der Waals surface area contributed by atoms with E-state index >= 15 is 0 Å². The summed E-state index contributed by atoms with van der Waals surface area (Å²) in [5, 5.41) is 10.7. The van der Waals surface area contributed by atoms with Gasteiger partial charge in [-0.15, -0.1) is 0 Å². The third-order valence-corrected chi connectivity index (χ3v) is 4.04. The van der Waals surface area contributed by atoms with Gasteiger partial charge in [-0.1, -0.05) is 29.8 Å². The summed E-state index contributed by atoms with van der Waals surface area (Å²) in [5.41, 5.74) is 1.62. The maximum absolute atomic E-state index is 12.2. The van der Waals surface area contributed by atoms with Crippen molar-refractivity contribution in [3.63, 3.8) is 0 Å². The Labute approximate surface area is 156 Å². The lowest BCUT2D eigenvalue weighted by molar-refractivity contribution is 0.0953. The van der Waals surface area contributed by atoms with E-state index in [1.165, 1.54) is 0 Å². The highest BCUT2D eigenvalue weighted by Crippen LogP contribution is 2.13. The Hall–Kier alpha value is -2.86. The van der Waals surface area contributed by atoms with Crippen LogP contribution in [0.15, 0.2) is 48.5 Å². The number of hydrogen-bond donors (Lipinski definition) is 2. The standard InChI is InChI=1S/C19H19ClN4O2/c1-26-16-7-3-5-14(12-16)19(25)21-9-8-17-22-18(24-23-17)11-13-4-2-6-15(20)10-13/h2-7,10,12H,8-9,11H2,1H3,(H,21,25)(H,22,23,24). The first-order chi connectivity index (χ1) is 12.6. The molecule has 26 heavy (non-hydrogen) atoms. The van der Waals surface area contributed by atoms with E-state index < -0.39 is 0 Å². The van der Waals surface area contributed by atoms with Crippen molar-refractivity contribution in [2.24, 2.45) is 0 Å². The molecule has 0 radical (unpaired) electrons. The van der Waals surface area contributed by atoms with Crippen molar-refractivity contribution in [2.45, 2.75) is 12.8 Å². The molecule has 0 fully saturated rings. The second-order valence-corrected chi connectivity index (χ2v) is 6.18. The number of nitrogens with zero attached hydrogens (tertiary/aromatic N) is 2. The number of rotatable bonds is 7. The van der Waals surface area contributed by atoms with Crippen molar-refractivity contribution in [2.75, 3.05) is 13.7 Å². The first-order valence-corrected chi connectivity index (χ1v) is 8.58. The molecule has 2 N–H and O–H groups in total. The third-order valence-electron chi connectivity index (χ3n) is 3.80. The van der Waals surface area contributed by atoms with Crippen LogP contribution in [-0.4, -0.2) is 34.7 Å². The van der Waals surface area contributed by atoms with Crippen LogP contribution < -0.4 is 10.1 Å². The molecule has 0 saturated carbocycles. The minimum absolute atomic E-state index is 0.154. The van der Waals surface area contributed by atoms with E-state index in [1.807, 2.05) is 24.3 Å². The normalized spacial score (nSPS) is 10.5. The number of halogens is 1. The predicted molar refractivity (Wildman–Crippen MR) is 99.7 cm³/mol. The molecule has 3 rings (SSSR count). The van der Waals surface area contributed by atoms with Crippen LogP contribution in [0.25, 0.3) is 0 Å². The van der Waals surface area contributed by atoms with Crippen LogP contribution in [-0.2, 0) is 12.8 Å². The number of aromatic nitrogens is 3. The minimum atomic E-state index is -0.154. The van der Waals surface area contributed by atoms with E-state index in [4.69, 9.17) is 16.3 Å². The van der Waals surface area contributed by atoms with Gasteiger partial charge in [-0.3, -0.25) is 9.89 Å². The number of benzene rings is 2. The molecular formula is C19H19ClN4O2. The van der Waals surface area contributed by atoms with Crippen LogP contribution in [0.4, 0.5) is 0 Å². The van der Waals surface area contributed by atoms with Crippen LogP contribution >= 0.6 is 11.6 Å². The predicted octanol–water partition coefficient (Wildman–Crippen LogP) is 3.03. The van der Waals surface area contributed by atoms with Crippen LogP contribution in [0.3, 0.4) is 0 Å². The zero-order valence-corrected chi connectivity index (χ0v) is 15.1. The summed E-state index contributed by atoms with van der Waals surface area (Å²) in [6.45, 7) is 0.449. The first-order valence-electron chi connectivity index (χ1n) is 8.21. The molecule has 0 aliphatic heterocycles. The zero-order chi connectivity index (χ0) is 18.4. The third kappa shape index (κ3) is 4.83. The molecule has 6 nitrogen and oxygen atoms in total. The lowest BCUT2D eigenvalue weighted by atomic mass is 10.1. The summed E-state index contributed by atoms with van der Waals surface area (Å²) in [4.78, 5) is 16.6. The Bertz CT molecular complexity index is 895. The van der Waals surface area contributed by atoms with E-state index in [-0.39, 0.29) is 5.91 Å². The molecule has 1 aromatic heterocycles. The SMILES string of the molecule is COc1cccc(C(=O)NCCc2n[nH]c(Cc3cccc(Cl)c3)n2)c1. The number of aromatic amines is 1. The number of nitrogens with one attached hydrogen (secondary N) is 2. The largest absolute Gasteiger partial charge is 0.497 e. The van der Waals surface area contributed by atoms with Gasteiger partial charge >= 0.3 is 0 Å². The van der Waals surface area contributed by atoms with Crippen molar-refractivity contribution < 1.29 is 9.53 Å². The molecule has 0 unspecified atom stereocenters.